The summed E-state index contributed by atoms with van der Waals surface area (Å²) in [4.78, 5) is 13.5. The van der Waals surface area contributed by atoms with Crippen molar-refractivity contribution in [1.82, 2.24) is 14.9 Å². The van der Waals surface area contributed by atoms with Crippen LogP contribution in [0, 0.1) is 29.9 Å². The van der Waals surface area contributed by atoms with E-state index in [-0.39, 0.29) is 54.2 Å². The molecule has 3 bridgehead atoms. The molecule has 2 saturated carbocycles. The molecular formula is C33H43N3O7S. The Bertz CT molecular complexity index is 1390. The SMILES string of the molecule is CNC1(c2ccc(S(=O)(=O)N(CC(C)C)C[C@@H](O)[C@H](Cc3cc#ccc3)NC(=O)O[C@H]3C4COC5OC3CC5C4)cc2)CC1. The van der Waals surface area contributed by atoms with Gasteiger partial charge in [0.15, 0.2) is 6.29 Å². The molecule has 4 aliphatic rings. The second kappa shape index (κ2) is 12.6. The highest BCUT2D eigenvalue weighted by atomic mass is 32.2. The highest BCUT2D eigenvalue weighted by molar-refractivity contribution is 7.89. The van der Waals surface area contributed by atoms with Gasteiger partial charge in [0, 0.05) is 30.5 Å². The Morgan fingerprint density at radius 3 is 2.57 bits per heavy atom. The third-order valence-corrected chi connectivity index (χ3v) is 11.4. The third kappa shape index (κ3) is 6.48. The standard InChI is InChI=1S/C33H43N3O7S/c1-21(2)18-36(44(39,40)26-11-9-25(10-12-26)33(34-3)13-14-33)19-28(37)27(15-22-7-5-4-6-8-22)35-32(38)43-30-24-16-23-17-29(30)42-31(23)41-20-24/h5,7-12,21,23-24,27-31,34,37H,13-20H2,1-3H3,(H,35,38)/t23?,24?,27-,28+,29?,30-,31?/m0/s1. The molecule has 10 nitrogen and oxygen atoms in total. The van der Waals surface area contributed by atoms with Crippen molar-refractivity contribution in [3.8, 4) is 0 Å². The zero-order valence-corrected chi connectivity index (χ0v) is 26.4. The van der Waals surface area contributed by atoms with E-state index < -0.39 is 34.4 Å². The maximum atomic E-state index is 13.9. The van der Waals surface area contributed by atoms with Crippen LogP contribution in [0.2, 0.25) is 0 Å². The van der Waals surface area contributed by atoms with Gasteiger partial charge in [-0.15, -0.1) is 0 Å². The number of alkyl carbamates (subject to hydrolysis) is 1. The number of aliphatic hydroxyl groups excluding tert-OH is 1. The number of amides is 1. The van der Waals surface area contributed by atoms with E-state index in [0.29, 0.717) is 12.5 Å². The summed E-state index contributed by atoms with van der Waals surface area (Å²) in [6, 6.07) is 17.2. The normalized spacial score (nSPS) is 28.0. The van der Waals surface area contributed by atoms with E-state index in [4.69, 9.17) is 14.2 Å². The maximum Gasteiger partial charge on any atom is 0.407 e. The highest BCUT2D eigenvalue weighted by Crippen LogP contribution is 2.47. The predicted molar refractivity (Wildman–Crippen MR) is 162 cm³/mol. The van der Waals surface area contributed by atoms with Crippen molar-refractivity contribution in [1.29, 1.82) is 0 Å². The monoisotopic (exact) mass is 625 g/mol. The van der Waals surface area contributed by atoms with Crippen LogP contribution < -0.4 is 10.6 Å². The number of sulfonamides is 1. The second-order valence-corrected chi connectivity index (χ2v) is 15.1. The molecule has 2 aromatic carbocycles. The first-order valence-corrected chi connectivity index (χ1v) is 17.1. The van der Waals surface area contributed by atoms with Gasteiger partial charge >= 0.3 is 6.09 Å². The lowest BCUT2D eigenvalue weighted by atomic mass is 9.78. The van der Waals surface area contributed by atoms with E-state index in [0.717, 1.165) is 36.8 Å². The fourth-order valence-electron chi connectivity index (χ4n) is 6.99. The van der Waals surface area contributed by atoms with Gasteiger partial charge in [0.05, 0.1) is 29.8 Å². The molecule has 6 rings (SSSR count). The first-order chi connectivity index (χ1) is 21.1. The summed E-state index contributed by atoms with van der Waals surface area (Å²) in [7, 11) is -2.02. The predicted octanol–water partition coefficient (Wildman–Crippen LogP) is 2.99. The van der Waals surface area contributed by atoms with Gasteiger partial charge in [-0.25, -0.2) is 13.2 Å². The van der Waals surface area contributed by atoms with Crippen molar-refractivity contribution >= 4 is 16.1 Å². The molecule has 0 spiro atoms. The molecular weight excluding hydrogens is 582 g/mol. The number of hydrogen-bond acceptors (Lipinski definition) is 8. The molecule has 2 aliphatic heterocycles. The quantitative estimate of drug-likeness (QED) is 0.310. The van der Waals surface area contributed by atoms with Crippen LogP contribution in [-0.4, -0.2) is 81.3 Å². The van der Waals surface area contributed by atoms with Crippen LogP contribution in [0.4, 0.5) is 4.79 Å². The first-order valence-electron chi connectivity index (χ1n) is 15.7. The van der Waals surface area contributed by atoms with Gasteiger partial charge in [0.1, 0.15) is 6.10 Å². The summed E-state index contributed by atoms with van der Waals surface area (Å²) in [6.45, 7) is 4.35. The molecule has 2 heterocycles. The zero-order chi connectivity index (χ0) is 31.1. The summed E-state index contributed by atoms with van der Waals surface area (Å²) in [6.07, 6.45) is 1.19. The highest BCUT2D eigenvalue weighted by Gasteiger charge is 2.53. The summed E-state index contributed by atoms with van der Waals surface area (Å²) in [5.74, 6) is 0.405. The van der Waals surface area contributed by atoms with E-state index in [1.54, 1.807) is 24.3 Å². The van der Waals surface area contributed by atoms with Crippen LogP contribution in [-0.2, 0) is 36.2 Å². The summed E-state index contributed by atoms with van der Waals surface area (Å²) >= 11 is 0. The van der Waals surface area contributed by atoms with Crippen LogP contribution in [0.3, 0.4) is 0 Å². The second-order valence-electron chi connectivity index (χ2n) is 13.2. The van der Waals surface area contributed by atoms with Crippen molar-refractivity contribution in [2.24, 2.45) is 17.8 Å². The third-order valence-electron chi connectivity index (χ3n) is 9.56. The van der Waals surface area contributed by atoms with E-state index in [1.165, 1.54) is 4.31 Å². The van der Waals surface area contributed by atoms with Gasteiger partial charge < -0.3 is 30.0 Å². The number of carbonyl (C=O) groups is 1. The summed E-state index contributed by atoms with van der Waals surface area (Å²) < 4.78 is 46.8. The lowest BCUT2D eigenvalue weighted by molar-refractivity contribution is -0.153. The van der Waals surface area contributed by atoms with Gasteiger partial charge in [-0.2, -0.15) is 4.31 Å². The van der Waals surface area contributed by atoms with Gasteiger partial charge in [0.2, 0.25) is 10.0 Å². The number of nitrogens with one attached hydrogen (secondary N) is 2. The minimum Gasteiger partial charge on any atom is -0.443 e. The minimum absolute atomic E-state index is 0.00454. The molecule has 44 heavy (non-hydrogen) atoms. The molecule has 238 valence electrons. The molecule has 1 amide bonds. The Morgan fingerprint density at radius 2 is 1.91 bits per heavy atom. The Morgan fingerprint density at radius 1 is 1.14 bits per heavy atom. The molecule has 2 aliphatic carbocycles. The van der Waals surface area contributed by atoms with Crippen LogP contribution in [0.15, 0.2) is 47.4 Å². The van der Waals surface area contributed by atoms with Gasteiger partial charge in [-0.1, -0.05) is 38.1 Å². The molecule has 0 radical (unpaired) electrons. The lowest BCUT2D eigenvalue weighted by Crippen LogP contribution is -2.53. The minimum atomic E-state index is -3.94. The number of nitrogens with zero attached hydrogens (tertiary/aromatic N) is 1. The smallest absolute Gasteiger partial charge is 0.407 e. The fourth-order valence-corrected chi connectivity index (χ4v) is 8.61. The average molecular weight is 626 g/mol. The Balaban J connectivity index is 1.18. The van der Waals surface area contributed by atoms with E-state index >= 15 is 0 Å². The van der Waals surface area contributed by atoms with Crippen LogP contribution >= 0.6 is 0 Å². The van der Waals surface area contributed by atoms with Crippen LogP contribution in [0.25, 0.3) is 0 Å². The van der Waals surface area contributed by atoms with E-state index in [2.05, 4.69) is 22.8 Å². The lowest BCUT2D eigenvalue weighted by Gasteiger charge is -2.37. The number of carbonyl (C=O) groups excluding carboxylic acids is 1. The summed E-state index contributed by atoms with van der Waals surface area (Å²) in [5, 5.41) is 17.8. The zero-order valence-electron chi connectivity index (χ0n) is 25.6. The number of fused-ring (bicyclic) bond motifs is 2. The van der Waals surface area contributed by atoms with Crippen molar-refractivity contribution in [3.05, 3.63) is 65.7 Å². The van der Waals surface area contributed by atoms with Crippen molar-refractivity contribution < 1.29 is 32.5 Å². The largest absolute Gasteiger partial charge is 0.443 e. The van der Waals surface area contributed by atoms with Crippen molar-refractivity contribution in [2.45, 2.75) is 87.0 Å². The average Bonchev–Trinajstić information content (AvgIpc) is 3.75. The molecule has 4 fully saturated rings. The number of hydrogen-bond donors (Lipinski definition) is 3. The van der Waals surface area contributed by atoms with Crippen molar-refractivity contribution in [3.63, 3.8) is 0 Å². The Labute approximate surface area is 260 Å². The molecule has 2 saturated heterocycles. The topological polar surface area (TPSA) is 126 Å². The van der Waals surface area contributed by atoms with E-state index in [1.807, 2.05) is 39.1 Å². The molecule has 11 heteroatoms. The fraction of sp³-hybridized carbons (Fsp3) is 0.606. The number of rotatable bonds is 13. The van der Waals surface area contributed by atoms with Crippen LogP contribution in [0.1, 0.15) is 50.7 Å². The number of benzene rings is 1. The van der Waals surface area contributed by atoms with Gasteiger partial charge in [-0.3, -0.25) is 0 Å². The molecule has 7 atom stereocenters. The van der Waals surface area contributed by atoms with Crippen molar-refractivity contribution in [2.75, 3.05) is 26.7 Å². The number of aliphatic hydroxyl groups is 1. The van der Waals surface area contributed by atoms with Crippen LogP contribution in [0.5, 0.6) is 0 Å². The van der Waals surface area contributed by atoms with E-state index in [9.17, 15) is 18.3 Å². The molecule has 3 N–H and O–H groups in total. The molecule has 0 aromatic heterocycles. The summed E-state index contributed by atoms with van der Waals surface area (Å²) in [5.41, 5.74) is 1.80. The Hall–Kier alpha value is -2.72. The Kier molecular flexibility index (Phi) is 8.94. The molecule has 2 aromatic rings. The van der Waals surface area contributed by atoms with Gasteiger partial charge in [-0.05, 0) is 86.5 Å². The molecule has 4 unspecified atom stereocenters. The number of ether oxygens (including phenoxy) is 3. The van der Waals surface area contributed by atoms with Gasteiger partial charge in [0.25, 0.3) is 0 Å². The first kappa shape index (κ1) is 31.3. The maximum absolute atomic E-state index is 13.9.